The first-order valence-electron chi connectivity index (χ1n) is 17.2. The quantitative estimate of drug-likeness (QED) is 0.120. The largest absolute Gasteiger partial charge is 0.453 e. The normalized spacial score (nSPS) is 11.2. The zero-order valence-electron chi connectivity index (χ0n) is 29.7. The van der Waals surface area contributed by atoms with Gasteiger partial charge in [0.15, 0.2) is 0 Å². The first-order chi connectivity index (χ1) is 25.2. The number of ether oxygens (including phenoxy) is 2. The number of hydrogen-bond donors (Lipinski definition) is 4. The van der Waals surface area contributed by atoms with Crippen LogP contribution in [0.5, 0.6) is 0 Å². The number of hydrogen-bond acceptors (Lipinski definition) is 8. The molecule has 0 aliphatic rings. The number of benzene rings is 4. The molecule has 14 nitrogen and oxygen atoms in total. The fourth-order valence-corrected chi connectivity index (χ4v) is 6.36. The first kappa shape index (κ1) is 35.6. The van der Waals surface area contributed by atoms with Gasteiger partial charge in [-0.2, -0.15) is 0 Å². The lowest BCUT2D eigenvalue weighted by molar-refractivity contribution is -0.131. The summed E-state index contributed by atoms with van der Waals surface area (Å²) in [5.74, 6) is 0.883. The van der Waals surface area contributed by atoms with Crippen LogP contribution in [0.3, 0.4) is 0 Å². The highest BCUT2D eigenvalue weighted by atomic mass is 16.5. The van der Waals surface area contributed by atoms with Crippen LogP contribution in [0, 0.1) is 0 Å². The monoisotopic (exact) mass is 706 g/mol. The van der Waals surface area contributed by atoms with E-state index >= 15 is 0 Å². The van der Waals surface area contributed by atoms with Gasteiger partial charge in [0, 0.05) is 23.9 Å². The average Bonchev–Trinajstić information content (AvgIpc) is 3.78. The van der Waals surface area contributed by atoms with E-state index in [9.17, 15) is 19.2 Å². The van der Waals surface area contributed by atoms with Gasteiger partial charge in [-0.3, -0.25) is 9.59 Å². The van der Waals surface area contributed by atoms with Crippen molar-refractivity contribution >= 4 is 67.6 Å². The number of rotatable bonds is 13. The minimum Gasteiger partial charge on any atom is -0.453 e. The Kier molecular flexibility index (Phi) is 10.8. The molecule has 2 heterocycles. The van der Waals surface area contributed by atoms with Crippen molar-refractivity contribution in [3.63, 3.8) is 0 Å². The van der Waals surface area contributed by atoms with Crippen LogP contribution >= 0.6 is 0 Å². The van der Waals surface area contributed by atoms with Crippen molar-refractivity contribution in [2.45, 2.75) is 39.8 Å². The minimum atomic E-state index is -0.651. The van der Waals surface area contributed by atoms with E-state index in [1.807, 2.05) is 26.0 Å². The van der Waals surface area contributed by atoms with Crippen molar-refractivity contribution in [2.24, 2.45) is 0 Å². The Balaban J connectivity index is 1.22. The Morgan fingerprint density at radius 2 is 1.06 bits per heavy atom. The molecule has 0 aliphatic heterocycles. The van der Waals surface area contributed by atoms with Crippen LogP contribution in [0.1, 0.15) is 38.3 Å². The molecule has 4 amide bonds. The lowest BCUT2D eigenvalue weighted by Gasteiger charge is -2.21. The van der Waals surface area contributed by atoms with E-state index in [2.05, 4.69) is 78.6 Å². The molecule has 0 spiro atoms. The van der Waals surface area contributed by atoms with Gasteiger partial charge in [0.1, 0.15) is 24.7 Å². The number of amides is 4. The summed E-state index contributed by atoms with van der Waals surface area (Å²) in [5.41, 5.74) is 5.51. The predicted octanol–water partition coefficient (Wildman–Crippen LogP) is 5.60. The second-order valence-electron chi connectivity index (χ2n) is 12.5. The summed E-state index contributed by atoms with van der Waals surface area (Å²) < 4.78 is 9.17. The van der Waals surface area contributed by atoms with E-state index in [4.69, 9.17) is 9.97 Å². The van der Waals surface area contributed by atoms with Gasteiger partial charge in [-0.15, -0.1) is 0 Å². The van der Waals surface area contributed by atoms with Gasteiger partial charge in [0.05, 0.1) is 49.4 Å². The number of aromatic amines is 2. The molecule has 0 aliphatic carbocycles. The number of aromatic nitrogens is 4. The molecule has 4 aromatic carbocycles. The summed E-state index contributed by atoms with van der Waals surface area (Å²) in [5, 5.41) is 8.96. The lowest BCUT2D eigenvalue weighted by atomic mass is 9.98. The van der Waals surface area contributed by atoms with E-state index in [1.165, 1.54) is 14.2 Å². The molecule has 0 bridgehead atoms. The van der Waals surface area contributed by atoms with Gasteiger partial charge in [-0.05, 0) is 59.0 Å². The fraction of sp³-hybridized carbons (Fsp3) is 0.316. The summed E-state index contributed by atoms with van der Waals surface area (Å²) in [7, 11) is 2.52. The number of H-pyrrole nitrogens is 2. The van der Waals surface area contributed by atoms with Crippen LogP contribution in [0.4, 0.5) is 9.59 Å². The highest BCUT2D eigenvalue weighted by Crippen LogP contribution is 2.32. The number of nitrogens with zero attached hydrogens (tertiary/aromatic N) is 4. The van der Waals surface area contributed by atoms with E-state index in [0.29, 0.717) is 24.7 Å². The molecule has 6 aromatic rings. The number of carbonyl (C=O) groups is 4. The Bertz CT molecular complexity index is 2120. The van der Waals surface area contributed by atoms with Crippen molar-refractivity contribution < 1.29 is 28.7 Å². The molecule has 0 fully saturated rings. The molecule has 0 saturated heterocycles. The second kappa shape index (κ2) is 15.8. The van der Waals surface area contributed by atoms with Crippen LogP contribution in [-0.2, 0) is 32.2 Å². The number of methoxy groups -OCH3 is 2. The van der Waals surface area contributed by atoms with Crippen molar-refractivity contribution in [3.8, 4) is 11.1 Å². The van der Waals surface area contributed by atoms with E-state index in [0.717, 1.165) is 67.6 Å². The highest BCUT2D eigenvalue weighted by Gasteiger charge is 2.19. The van der Waals surface area contributed by atoms with Gasteiger partial charge in [-0.25, -0.2) is 19.6 Å². The molecule has 0 atom stereocenters. The molecule has 0 saturated carbocycles. The Morgan fingerprint density at radius 1 is 0.635 bits per heavy atom. The summed E-state index contributed by atoms with van der Waals surface area (Å²) in [4.78, 5) is 68.4. The maximum atomic E-state index is 12.8. The van der Waals surface area contributed by atoms with Crippen molar-refractivity contribution in [1.29, 1.82) is 0 Å². The molecule has 0 unspecified atom stereocenters. The SMILES string of the molecule is CCCN(Cc1nc2c(ccc3cc(-c4ccc5c(ccc6[nH]c(CN(CCC)C(=O)CNC(=O)OC)nc65)c4)ccc32)[nH]1)C(=O)CNC(=O)OC. The van der Waals surface area contributed by atoms with E-state index in [1.54, 1.807) is 9.80 Å². The van der Waals surface area contributed by atoms with Crippen molar-refractivity contribution in [3.05, 3.63) is 72.3 Å². The Morgan fingerprint density at radius 3 is 1.44 bits per heavy atom. The van der Waals surface area contributed by atoms with Crippen LogP contribution < -0.4 is 10.6 Å². The third kappa shape index (κ3) is 7.75. The summed E-state index contributed by atoms with van der Waals surface area (Å²) in [6.45, 7) is 5.30. The minimum absolute atomic E-state index is 0.153. The molecule has 52 heavy (non-hydrogen) atoms. The zero-order chi connectivity index (χ0) is 36.8. The number of alkyl carbamates (subject to hydrolysis) is 2. The van der Waals surface area contributed by atoms with Gasteiger partial charge >= 0.3 is 12.2 Å². The lowest BCUT2D eigenvalue weighted by Crippen LogP contribution is -2.40. The number of fused-ring (bicyclic) bond motifs is 6. The smallest absolute Gasteiger partial charge is 0.407 e. The molecular weight excluding hydrogens is 664 g/mol. The maximum absolute atomic E-state index is 12.8. The first-order valence-corrected chi connectivity index (χ1v) is 17.2. The second-order valence-corrected chi connectivity index (χ2v) is 12.5. The molecule has 14 heteroatoms. The predicted molar refractivity (Wildman–Crippen MR) is 198 cm³/mol. The van der Waals surface area contributed by atoms with Gasteiger partial charge in [0.25, 0.3) is 0 Å². The van der Waals surface area contributed by atoms with E-state index in [-0.39, 0.29) is 38.0 Å². The molecule has 6 rings (SSSR count). The average molecular weight is 707 g/mol. The van der Waals surface area contributed by atoms with Crippen LogP contribution in [0.15, 0.2) is 60.7 Å². The maximum Gasteiger partial charge on any atom is 0.407 e. The third-order valence-corrected chi connectivity index (χ3v) is 8.88. The molecule has 4 N–H and O–H groups in total. The van der Waals surface area contributed by atoms with Gasteiger partial charge in [-0.1, -0.05) is 50.2 Å². The van der Waals surface area contributed by atoms with Crippen LogP contribution in [-0.4, -0.2) is 94.1 Å². The number of imidazole rings is 2. The zero-order valence-corrected chi connectivity index (χ0v) is 29.7. The number of carbonyl (C=O) groups excluding carboxylic acids is 4. The van der Waals surface area contributed by atoms with Crippen LogP contribution in [0.2, 0.25) is 0 Å². The van der Waals surface area contributed by atoms with Crippen molar-refractivity contribution in [1.82, 2.24) is 40.4 Å². The molecule has 270 valence electrons. The highest BCUT2D eigenvalue weighted by molar-refractivity contribution is 6.07. The standard InChI is InChI=1S/C38H42N8O6/c1-5-15-45(33(47)19-39-37(49)51-3)21-31-41-29-13-9-25-17-23(7-11-27(25)35(29)43-31)24-8-12-28-26(18-24)10-14-30-36(28)44-32(42-30)22-46(16-6-2)34(48)20-40-38(50)52-4/h7-14,17-18H,5-6,15-16,19-22H2,1-4H3,(H,39,49)(H,40,50)(H,41,43)(H,42,44). The summed E-state index contributed by atoms with van der Waals surface area (Å²) >= 11 is 0. The van der Waals surface area contributed by atoms with Gasteiger partial charge < -0.3 is 39.9 Å². The van der Waals surface area contributed by atoms with E-state index < -0.39 is 12.2 Å². The van der Waals surface area contributed by atoms with Crippen LogP contribution in [0.25, 0.3) is 54.7 Å². The Hall–Kier alpha value is -6.18. The summed E-state index contributed by atoms with van der Waals surface area (Å²) in [6, 6.07) is 20.7. The number of nitrogens with one attached hydrogen (secondary N) is 4. The molecule has 0 radical (unpaired) electrons. The third-order valence-electron chi connectivity index (χ3n) is 8.88. The Labute approximate surface area is 299 Å². The van der Waals surface area contributed by atoms with Crippen molar-refractivity contribution in [2.75, 3.05) is 40.4 Å². The summed E-state index contributed by atoms with van der Waals surface area (Å²) in [6.07, 6.45) is 0.219. The topological polar surface area (TPSA) is 175 Å². The molecule has 2 aromatic heterocycles. The fourth-order valence-electron chi connectivity index (χ4n) is 6.36. The molecular formula is C38H42N8O6. The van der Waals surface area contributed by atoms with Gasteiger partial charge in [0.2, 0.25) is 11.8 Å².